The molecule has 134 valence electrons. The fourth-order valence-electron chi connectivity index (χ4n) is 3.33. The van der Waals surface area contributed by atoms with Gasteiger partial charge in [-0.15, -0.1) is 0 Å². The van der Waals surface area contributed by atoms with Gasteiger partial charge in [-0.2, -0.15) is 0 Å². The average Bonchev–Trinajstić information content (AvgIpc) is 2.73. The molecule has 0 bridgehead atoms. The number of ether oxygens (including phenoxy) is 2. The molecule has 0 unspecified atom stereocenters. The smallest absolute Gasteiger partial charge is 0.187 e. The van der Waals surface area contributed by atoms with Crippen molar-refractivity contribution in [2.24, 2.45) is 0 Å². The molecule has 4 rings (SSSR count). The van der Waals surface area contributed by atoms with Gasteiger partial charge in [0.05, 0.1) is 0 Å². The highest BCUT2D eigenvalue weighted by Crippen LogP contribution is 2.48. The van der Waals surface area contributed by atoms with Gasteiger partial charge in [0.2, 0.25) is 0 Å². The van der Waals surface area contributed by atoms with E-state index in [9.17, 15) is 0 Å². The molecule has 3 aromatic rings. The predicted octanol–water partition coefficient (Wildman–Crippen LogP) is 5.90. The van der Waals surface area contributed by atoms with Gasteiger partial charge in [-0.05, 0) is 30.7 Å². The Morgan fingerprint density at radius 3 is 2.04 bits per heavy atom. The first kappa shape index (κ1) is 17.4. The van der Waals surface area contributed by atoms with E-state index in [0.29, 0.717) is 6.61 Å². The number of fused-ring (bicyclic) bond motifs is 2. The molecular weight excluding hydrogens is 332 g/mol. The quantitative estimate of drug-likeness (QED) is 0.429. The van der Waals surface area contributed by atoms with Crippen LogP contribution in [-0.2, 0) is 10.3 Å². The second-order valence-corrected chi connectivity index (χ2v) is 6.59. The first-order chi connectivity index (χ1) is 13.3. The average molecular weight is 354 g/mol. The number of hydrogen-bond acceptors (Lipinski definition) is 2. The molecule has 3 aromatic carbocycles. The van der Waals surface area contributed by atoms with E-state index in [-0.39, 0.29) is 0 Å². The monoisotopic (exact) mass is 354 g/mol. The molecule has 1 aliphatic rings. The summed E-state index contributed by atoms with van der Waals surface area (Å²) in [6.45, 7) is 2.81. The molecule has 0 N–H and O–H groups in total. The summed E-state index contributed by atoms with van der Waals surface area (Å²) in [6.07, 6.45) is 2.06. The van der Waals surface area contributed by atoms with Gasteiger partial charge < -0.3 is 9.47 Å². The molecule has 2 heteroatoms. The molecule has 2 nitrogen and oxygen atoms in total. The Labute approximate surface area is 160 Å². The molecule has 0 saturated carbocycles. The molecule has 0 radical (unpaired) electrons. The molecular formula is C25H22O2. The van der Waals surface area contributed by atoms with Crippen molar-refractivity contribution in [3.8, 4) is 23.3 Å². The van der Waals surface area contributed by atoms with Crippen LogP contribution in [-0.4, -0.2) is 6.61 Å². The Kier molecular flexibility index (Phi) is 4.96. The van der Waals surface area contributed by atoms with Crippen LogP contribution in [0.5, 0.6) is 11.5 Å². The van der Waals surface area contributed by atoms with Gasteiger partial charge >= 0.3 is 0 Å². The molecule has 0 aromatic heterocycles. The zero-order valence-electron chi connectivity index (χ0n) is 15.4. The van der Waals surface area contributed by atoms with E-state index in [2.05, 4.69) is 30.9 Å². The van der Waals surface area contributed by atoms with Crippen LogP contribution in [0.1, 0.15) is 36.5 Å². The topological polar surface area (TPSA) is 18.5 Å². The van der Waals surface area contributed by atoms with Crippen molar-refractivity contribution in [2.45, 2.75) is 25.4 Å². The van der Waals surface area contributed by atoms with Gasteiger partial charge in [-0.1, -0.05) is 79.8 Å². The number of hydrogen-bond donors (Lipinski definition) is 0. The summed E-state index contributed by atoms with van der Waals surface area (Å²) in [5.41, 5.74) is 2.06. The lowest BCUT2D eigenvalue weighted by Crippen LogP contribution is -2.33. The summed E-state index contributed by atoms with van der Waals surface area (Å²) in [7, 11) is 0. The van der Waals surface area contributed by atoms with Gasteiger partial charge in [0.15, 0.2) is 5.60 Å². The van der Waals surface area contributed by atoms with Crippen LogP contribution in [0.4, 0.5) is 0 Å². The normalized spacial score (nSPS) is 13.5. The highest BCUT2D eigenvalue weighted by Gasteiger charge is 2.42. The van der Waals surface area contributed by atoms with Crippen LogP contribution >= 0.6 is 0 Å². The summed E-state index contributed by atoms with van der Waals surface area (Å²) in [5.74, 6) is 8.41. The summed E-state index contributed by atoms with van der Waals surface area (Å²) < 4.78 is 12.7. The highest BCUT2D eigenvalue weighted by molar-refractivity contribution is 5.61. The number of unbranched alkanes of at least 4 members (excludes halogenated alkanes) is 1. The number of para-hydroxylation sites is 2. The lowest BCUT2D eigenvalue weighted by atomic mass is 9.83. The summed E-state index contributed by atoms with van der Waals surface area (Å²) in [5, 5.41) is 0. The maximum atomic E-state index is 6.53. The fourth-order valence-corrected chi connectivity index (χ4v) is 3.33. The summed E-state index contributed by atoms with van der Waals surface area (Å²) in [4.78, 5) is 0. The van der Waals surface area contributed by atoms with E-state index in [1.165, 1.54) is 0 Å². The van der Waals surface area contributed by atoms with Gasteiger partial charge in [-0.3, -0.25) is 0 Å². The molecule has 1 heterocycles. The summed E-state index contributed by atoms with van der Waals surface area (Å²) in [6, 6.07) is 26.1. The zero-order chi connectivity index (χ0) is 18.5. The molecule has 0 aliphatic carbocycles. The molecule has 1 aliphatic heterocycles. The van der Waals surface area contributed by atoms with Crippen molar-refractivity contribution >= 4 is 0 Å². The molecule has 0 amide bonds. The van der Waals surface area contributed by atoms with Crippen LogP contribution in [0.2, 0.25) is 0 Å². The second-order valence-electron chi connectivity index (χ2n) is 6.59. The lowest BCUT2D eigenvalue weighted by Gasteiger charge is -2.36. The van der Waals surface area contributed by atoms with Crippen molar-refractivity contribution in [1.29, 1.82) is 0 Å². The summed E-state index contributed by atoms with van der Waals surface area (Å²) >= 11 is 0. The SMILES string of the molecule is CCCCOC1(C#Cc2ccccc2)c2ccccc2Oc2ccccc21. The van der Waals surface area contributed by atoms with Crippen molar-refractivity contribution in [2.75, 3.05) is 6.61 Å². The largest absolute Gasteiger partial charge is 0.456 e. The maximum absolute atomic E-state index is 6.53. The van der Waals surface area contributed by atoms with Gasteiger partial charge in [0, 0.05) is 23.3 Å². The van der Waals surface area contributed by atoms with Crippen molar-refractivity contribution in [3.63, 3.8) is 0 Å². The Balaban J connectivity index is 1.91. The van der Waals surface area contributed by atoms with Crippen molar-refractivity contribution < 1.29 is 9.47 Å². The van der Waals surface area contributed by atoms with Crippen LogP contribution in [0.3, 0.4) is 0 Å². The van der Waals surface area contributed by atoms with Gasteiger partial charge in [0.1, 0.15) is 11.5 Å². The van der Waals surface area contributed by atoms with Crippen molar-refractivity contribution in [1.82, 2.24) is 0 Å². The lowest BCUT2D eigenvalue weighted by molar-refractivity contribution is 0.0181. The number of benzene rings is 3. The maximum Gasteiger partial charge on any atom is 0.187 e. The van der Waals surface area contributed by atoms with Crippen LogP contribution in [0, 0.1) is 11.8 Å². The van der Waals surface area contributed by atoms with E-state index in [0.717, 1.165) is 41.0 Å². The predicted molar refractivity (Wildman–Crippen MR) is 108 cm³/mol. The second kappa shape index (κ2) is 7.70. The number of rotatable bonds is 4. The third-order valence-corrected chi connectivity index (χ3v) is 4.73. The minimum absolute atomic E-state index is 0.642. The fraction of sp³-hybridized carbons (Fsp3) is 0.200. The first-order valence-electron chi connectivity index (χ1n) is 9.42. The van der Waals surface area contributed by atoms with E-state index in [1.807, 2.05) is 66.7 Å². The van der Waals surface area contributed by atoms with Crippen LogP contribution in [0.25, 0.3) is 0 Å². The third-order valence-electron chi connectivity index (χ3n) is 4.73. The van der Waals surface area contributed by atoms with Crippen LogP contribution < -0.4 is 4.74 Å². The Hall–Kier alpha value is -3.02. The Morgan fingerprint density at radius 1 is 0.815 bits per heavy atom. The van der Waals surface area contributed by atoms with E-state index in [1.54, 1.807) is 0 Å². The molecule has 0 atom stereocenters. The first-order valence-corrected chi connectivity index (χ1v) is 9.42. The minimum atomic E-state index is -0.837. The molecule has 27 heavy (non-hydrogen) atoms. The zero-order valence-corrected chi connectivity index (χ0v) is 15.4. The standard InChI is InChI=1S/C25H22O2/c1-2-3-19-26-25(18-17-20-11-5-4-6-12-20)21-13-7-9-15-23(21)27-24-16-10-8-14-22(24)25/h4-16H,2-3,19H2,1H3. The van der Waals surface area contributed by atoms with Gasteiger partial charge in [-0.25, -0.2) is 0 Å². The van der Waals surface area contributed by atoms with Gasteiger partial charge in [0.25, 0.3) is 0 Å². The van der Waals surface area contributed by atoms with E-state index < -0.39 is 5.60 Å². The third kappa shape index (κ3) is 3.35. The van der Waals surface area contributed by atoms with Crippen LogP contribution in [0.15, 0.2) is 78.9 Å². The highest BCUT2D eigenvalue weighted by atomic mass is 16.5. The molecule has 0 spiro atoms. The minimum Gasteiger partial charge on any atom is -0.456 e. The Bertz CT molecular complexity index is 934. The van der Waals surface area contributed by atoms with Crippen molar-refractivity contribution in [3.05, 3.63) is 95.6 Å². The Morgan fingerprint density at radius 2 is 1.41 bits per heavy atom. The van der Waals surface area contributed by atoms with E-state index >= 15 is 0 Å². The molecule has 0 fully saturated rings. The molecule has 0 saturated heterocycles. The van der Waals surface area contributed by atoms with E-state index in [4.69, 9.17) is 9.47 Å².